The summed E-state index contributed by atoms with van der Waals surface area (Å²) in [5, 5.41) is 0.864. The summed E-state index contributed by atoms with van der Waals surface area (Å²) in [7, 11) is 0. The van der Waals surface area contributed by atoms with Gasteiger partial charge in [-0.1, -0.05) is 28.1 Å². The Morgan fingerprint density at radius 3 is 2.90 bits per heavy atom. The first-order valence-corrected chi connectivity index (χ1v) is 4.10. The molecule has 1 aromatic rings. The lowest BCUT2D eigenvalue weighted by atomic mass is 10.2. The van der Waals surface area contributed by atoms with Crippen LogP contribution in [0.2, 0.25) is 0 Å². The van der Waals surface area contributed by atoms with Crippen LogP contribution in [0.5, 0.6) is 0 Å². The first-order chi connectivity index (χ1) is 4.86. The molecule has 0 heterocycles. The van der Waals surface area contributed by atoms with Gasteiger partial charge in [0.2, 0.25) is 0 Å². The number of halogens is 1. The van der Waals surface area contributed by atoms with Gasteiger partial charge in [-0.25, -0.2) is 0 Å². The predicted octanol–water partition coefficient (Wildman–Crippen LogP) is 1.87. The molecule has 54 valence electrons. The molecule has 0 aromatic heterocycles. The van der Waals surface area contributed by atoms with Gasteiger partial charge >= 0.3 is 0 Å². The Morgan fingerprint density at radius 2 is 2.30 bits per heavy atom. The molecule has 0 aliphatic heterocycles. The molecule has 0 spiro atoms. The minimum absolute atomic E-state index is 0.864. The molecule has 0 saturated heterocycles. The number of hydrogen-bond acceptors (Lipinski definition) is 2. The van der Waals surface area contributed by atoms with E-state index in [1.165, 1.54) is 5.56 Å². The lowest BCUT2D eigenvalue weighted by Crippen LogP contribution is -2.06. The molecule has 0 amide bonds. The largest absolute Gasteiger partial charge is 0.324 e. The molecule has 1 aromatic carbocycles. The third-order valence-electron chi connectivity index (χ3n) is 1.25. The van der Waals surface area contributed by atoms with Crippen molar-refractivity contribution in [2.75, 3.05) is 5.43 Å². The number of anilines is 1. The minimum atomic E-state index is 0.864. The van der Waals surface area contributed by atoms with E-state index in [9.17, 15) is 0 Å². The molecule has 0 saturated carbocycles. The number of nitrogens with one attached hydrogen (secondary N) is 1. The van der Waals surface area contributed by atoms with Crippen molar-refractivity contribution in [1.82, 2.24) is 0 Å². The maximum atomic E-state index is 5.21. The number of nitrogen functional groups attached to an aromatic ring is 1. The van der Waals surface area contributed by atoms with Gasteiger partial charge in [0.15, 0.2) is 0 Å². The summed E-state index contributed by atoms with van der Waals surface area (Å²) in [6.07, 6.45) is 0. The number of nitrogens with two attached hydrogens (primary N) is 1. The Hall–Kier alpha value is -0.540. The highest BCUT2D eigenvalue weighted by Crippen LogP contribution is 2.11. The van der Waals surface area contributed by atoms with Gasteiger partial charge in [0, 0.05) is 11.0 Å². The van der Waals surface area contributed by atoms with Crippen molar-refractivity contribution in [1.29, 1.82) is 0 Å². The molecule has 1 rings (SSSR count). The van der Waals surface area contributed by atoms with Crippen LogP contribution in [0, 0.1) is 0 Å². The van der Waals surface area contributed by atoms with Crippen molar-refractivity contribution in [3.8, 4) is 0 Å². The van der Waals surface area contributed by atoms with E-state index in [1.807, 2.05) is 24.3 Å². The first kappa shape index (κ1) is 7.57. The standard InChI is InChI=1S/C7H9BrN2/c8-5-6-2-1-3-7(4-6)10-9/h1-4,10H,5,9H2. The van der Waals surface area contributed by atoms with Gasteiger partial charge in [0.25, 0.3) is 0 Å². The van der Waals surface area contributed by atoms with Crippen molar-refractivity contribution in [3.63, 3.8) is 0 Å². The highest BCUT2D eigenvalue weighted by atomic mass is 79.9. The van der Waals surface area contributed by atoms with E-state index in [0.29, 0.717) is 0 Å². The van der Waals surface area contributed by atoms with Crippen molar-refractivity contribution in [3.05, 3.63) is 29.8 Å². The Bertz CT molecular complexity index is 193. The zero-order valence-electron chi connectivity index (χ0n) is 5.47. The van der Waals surface area contributed by atoms with Crippen LogP contribution in [0.1, 0.15) is 5.56 Å². The van der Waals surface area contributed by atoms with Crippen molar-refractivity contribution in [2.24, 2.45) is 5.84 Å². The zero-order chi connectivity index (χ0) is 7.40. The fourth-order valence-electron chi connectivity index (χ4n) is 0.744. The Labute approximate surface area is 68.5 Å². The fraction of sp³-hybridized carbons (Fsp3) is 0.143. The van der Waals surface area contributed by atoms with Gasteiger partial charge in [-0.2, -0.15) is 0 Å². The third kappa shape index (κ3) is 1.72. The summed E-state index contributed by atoms with van der Waals surface area (Å²) in [5.41, 5.74) is 4.74. The van der Waals surface area contributed by atoms with Crippen molar-refractivity contribution < 1.29 is 0 Å². The van der Waals surface area contributed by atoms with Crippen LogP contribution >= 0.6 is 15.9 Å². The van der Waals surface area contributed by atoms with Crippen LogP contribution in [0.25, 0.3) is 0 Å². The minimum Gasteiger partial charge on any atom is -0.324 e. The fourth-order valence-corrected chi connectivity index (χ4v) is 1.09. The normalized spacial score (nSPS) is 9.40. The maximum Gasteiger partial charge on any atom is 0.0488 e. The van der Waals surface area contributed by atoms with Crippen LogP contribution in [-0.4, -0.2) is 0 Å². The number of alkyl halides is 1. The lowest BCUT2D eigenvalue weighted by molar-refractivity contribution is 1.33. The van der Waals surface area contributed by atoms with Crippen LogP contribution in [0.15, 0.2) is 24.3 Å². The second-order valence-electron chi connectivity index (χ2n) is 1.98. The van der Waals surface area contributed by atoms with Gasteiger partial charge in [-0.15, -0.1) is 0 Å². The molecule has 0 radical (unpaired) electrons. The summed E-state index contributed by atoms with van der Waals surface area (Å²) in [6, 6.07) is 7.92. The summed E-state index contributed by atoms with van der Waals surface area (Å²) >= 11 is 3.35. The Kier molecular flexibility index (Phi) is 2.71. The average molecular weight is 201 g/mol. The second-order valence-corrected chi connectivity index (χ2v) is 2.54. The van der Waals surface area contributed by atoms with Gasteiger partial charge in [-0.3, -0.25) is 5.84 Å². The highest BCUT2D eigenvalue weighted by molar-refractivity contribution is 9.08. The Morgan fingerprint density at radius 1 is 1.50 bits per heavy atom. The summed E-state index contributed by atoms with van der Waals surface area (Å²) < 4.78 is 0. The monoisotopic (exact) mass is 200 g/mol. The molecule has 0 aliphatic carbocycles. The Balaban J connectivity index is 2.87. The van der Waals surface area contributed by atoms with E-state index in [1.54, 1.807) is 0 Å². The number of hydrazine groups is 1. The molecule has 2 nitrogen and oxygen atoms in total. The number of hydrogen-bond donors (Lipinski definition) is 2. The average Bonchev–Trinajstić information content (AvgIpc) is 2.05. The molecule has 0 atom stereocenters. The molecule has 10 heavy (non-hydrogen) atoms. The molecule has 0 unspecified atom stereocenters. The third-order valence-corrected chi connectivity index (χ3v) is 1.90. The highest BCUT2D eigenvalue weighted by Gasteiger charge is 1.89. The van der Waals surface area contributed by atoms with Gasteiger partial charge in [0.1, 0.15) is 0 Å². The predicted molar refractivity (Wildman–Crippen MR) is 46.9 cm³/mol. The van der Waals surface area contributed by atoms with E-state index in [4.69, 9.17) is 5.84 Å². The maximum absolute atomic E-state index is 5.21. The van der Waals surface area contributed by atoms with Crippen molar-refractivity contribution in [2.45, 2.75) is 5.33 Å². The summed E-state index contributed by atoms with van der Waals surface area (Å²) in [4.78, 5) is 0. The van der Waals surface area contributed by atoms with Crippen LogP contribution in [0.3, 0.4) is 0 Å². The van der Waals surface area contributed by atoms with Gasteiger partial charge < -0.3 is 5.43 Å². The molecular formula is C7H9BrN2. The molecule has 0 bridgehead atoms. The number of rotatable bonds is 2. The van der Waals surface area contributed by atoms with Crippen LogP contribution in [0.4, 0.5) is 5.69 Å². The molecular weight excluding hydrogens is 192 g/mol. The SMILES string of the molecule is NNc1cccc(CBr)c1. The lowest BCUT2D eigenvalue weighted by Gasteiger charge is -2.00. The molecule has 3 N–H and O–H groups in total. The van der Waals surface area contributed by atoms with E-state index >= 15 is 0 Å². The van der Waals surface area contributed by atoms with Gasteiger partial charge in [-0.05, 0) is 17.7 Å². The quantitative estimate of drug-likeness (QED) is 0.435. The summed E-state index contributed by atoms with van der Waals surface area (Å²) in [6.45, 7) is 0. The number of benzene rings is 1. The van der Waals surface area contributed by atoms with Gasteiger partial charge in [0.05, 0.1) is 0 Å². The van der Waals surface area contributed by atoms with E-state index < -0.39 is 0 Å². The summed E-state index contributed by atoms with van der Waals surface area (Å²) in [5.74, 6) is 5.21. The first-order valence-electron chi connectivity index (χ1n) is 2.98. The molecule has 3 heteroatoms. The smallest absolute Gasteiger partial charge is 0.0488 e. The zero-order valence-corrected chi connectivity index (χ0v) is 7.06. The van der Waals surface area contributed by atoms with Crippen molar-refractivity contribution >= 4 is 21.6 Å². The molecule has 0 aliphatic rings. The molecule has 0 fully saturated rings. The second kappa shape index (κ2) is 3.58. The van der Waals surface area contributed by atoms with Crippen LogP contribution < -0.4 is 11.3 Å². The van der Waals surface area contributed by atoms with E-state index in [2.05, 4.69) is 21.4 Å². The van der Waals surface area contributed by atoms with E-state index in [0.717, 1.165) is 11.0 Å². The topological polar surface area (TPSA) is 38.0 Å². The van der Waals surface area contributed by atoms with Crippen LogP contribution in [-0.2, 0) is 5.33 Å². The van der Waals surface area contributed by atoms with E-state index in [-0.39, 0.29) is 0 Å².